The molecule has 0 aliphatic carbocycles. The topological polar surface area (TPSA) is 61.5 Å². The van der Waals surface area contributed by atoms with Crippen LogP contribution in [-0.2, 0) is 14.3 Å². The molecule has 16 heavy (non-hydrogen) atoms. The van der Waals surface area contributed by atoms with Crippen molar-refractivity contribution in [1.82, 2.24) is 0 Å². The van der Waals surface area contributed by atoms with Gasteiger partial charge in [-0.05, 0) is 6.42 Å². The first kappa shape index (κ1) is 13.2. The van der Waals surface area contributed by atoms with Gasteiger partial charge in [0.2, 0.25) is 0 Å². The fourth-order valence-electron chi connectivity index (χ4n) is 1.92. The number of ether oxygens (including phenoxy) is 2. The summed E-state index contributed by atoms with van der Waals surface area (Å²) in [4.78, 5) is 11.5. The predicted octanol–water partition coefficient (Wildman–Crippen LogP) is 0.846. The fourth-order valence-corrected chi connectivity index (χ4v) is 1.92. The quantitative estimate of drug-likeness (QED) is 0.728. The summed E-state index contributed by atoms with van der Waals surface area (Å²) in [5.41, 5.74) is 3.87. The Hall–Kier alpha value is -0.820. The van der Waals surface area contributed by atoms with E-state index in [0.717, 1.165) is 7.11 Å². The summed E-state index contributed by atoms with van der Waals surface area (Å²) in [6, 6.07) is -0.990. The minimum atomic E-state index is -4.46. The summed E-state index contributed by atoms with van der Waals surface area (Å²) in [7, 11) is 1.06. The average molecular weight is 241 g/mol. The van der Waals surface area contributed by atoms with Crippen molar-refractivity contribution in [2.75, 3.05) is 20.3 Å². The van der Waals surface area contributed by atoms with Gasteiger partial charge in [-0.25, -0.2) is 0 Å². The number of carbonyl (C=O) groups is 1. The molecule has 0 aromatic carbocycles. The molecule has 1 aliphatic heterocycles. The lowest BCUT2D eigenvalue weighted by Crippen LogP contribution is -2.55. The van der Waals surface area contributed by atoms with Crippen molar-refractivity contribution in [3.05, 3.63) is 0 Å². The normalized spacial score (nSPS) is 31.2. The second-order valence-corrected chi connectivity index (χ2v) is 3.87. The van der Waals surface area contributed by atoms with E-state index in [2.05, 4.69) is 4.74 Å². The molecule has 0 spiro atoms. The van der Waals surface area contributed by atoms with Gasteiger partial charge in [-0.2, -0.15) is 13.2 Å². The molecule has 1 saturated heterocycles. The van der Waals surface area contributed by atoms with Crippen LogP contribution in [0.3, 0.4) is 0 Å². The van der Waals surface area contributed by atoms with Crippen molar-refractivity contribution in [2.45, 2.75) is 25.1 Å². The number of alkyl halides is 3. The van der Waals surface area contributed by atoms with Gasteiger partial charge in [0.15, 0.2) is 0 Å². The van der Waals surface area contributed by atoms with E-state index in [1.165, 1.54) is 0 Å². The zero-order valence-electron chi connectivity index (χ0n) is 8.84. The molecule has 7 heteroatoms. The highest BCUT2D eigenvalue weighted by Gasteiger charge is 2.53. The molecule has 0 aromatic rings. The van der Waals surface area contributed by atoms with Crippen molar-refractivity contribution in [1.29, 1.82) is 0 Å². The SMILES string of the molecule is COC(=O)C1(CC(F)(F)F)CCOCC1N. The van der Waals surface area contributed by atoms with Crippen LogP contribution in [0, 0.1) is 5.41 Å². The molecule has 0 amide bonds. The van der Waals surface area contributed by atoms with E-state index in [1.54, 1.807) is 0 Å². The lowest BCUT2D eigenvalue weighted by molar-refractivity contribution is -0.193. The van der Waals surface area contributed by atoms with Gasteiger partial charge in [-0.3, -0.25) is 4.79 Å². The van der Waals surface area contributed by atoms with Crippen LogP contribution in [0.15, 0.2) is 0 Å². The highest BCUT2D eigenvalue weighted by Crippen LogP contribution is 2.41. The Morgan fingerprint density at radius 1 is 1.62 bits per heavy atom. The number of hydrogen-bond donors (Lipinski definition) is 1. The molecule has 0 aromatic heterocycles. The van der Waals surface area contributed by atoms with E-state index in [9.17, 15) is 18.0 Å². The van der Waals surface area contributed by atoms with Gasteiger partial charge in [0.1, 0.15) is 0 Å². The number of carbonyl (C=O) groups excluding carboxylic acids is 1. The van der Waals surface area contributed by atoms with Gasteiger partial charge in [-0.15, -0.1) is 0 Å². The number of hydrogen-bond acceptors (Lipinski definition) is 4. The van der Waals surface area contributed by atoms with Crippen LogP contribution in [0.1, 0.15) is 12.8 Å². The van der Waals surface area contributed by atoms with E-state index in [0.29, 0.717) is 0 Å². The molecule has 1 heterocycles. The zero-order valence-corrected chi connectivity index (χ0v) is 8.84. The first-order chi connectivity index (χ1) is 7.32. The molecule has 2 N–H and O–H groups in total. The first-order valence-corrected chi connectivity index (χ1v) is 4.80. The maximum Gasteiger partial charge on any atom is 0.390 e. The molecular formula is C9H14F3NO3. The monoisotopic (exact) mass is 241 g/mol. The van der Waals surface area contributed by atoms with Gasteiger partial charge in [0.25, 0.3) is 0 Å². The Bertz CT molecular complexity index is 269. The molecule has 94 valence electrons. The second kappa shape index (κ2) is 4.58. The summed E-state index contributed by atoms with van der Waals surface area (Å²) < 4.78 is 46.7. The summed E-state index contributed by atoms with van der Waals surface area (Å²) in [6.07, 6.45) is -5.79. The lowest BCUT2D eigenvalue weighted by Gasteiger charge is -2.39. The Morgan fingerprint density at radius 3 is 2.69 bits per heavy atom. The van der Waals surface area contributed by atoms with Crippen LogP contribution < -0.4 is 5.73 Å². The van der Waals surface area contributed by atoms with Crippen molar-refractivity contribution < 1.29 is 27.4 Å². The van der Waals surface area contributed by atoms with E-state index in [1.807, 2.05) is 0 Å². The van der Waals surface area contributed by atoms with Crippen LogP contribution in [0.5, 0.6) is 0 Å². The third-order valence-electron chi connectivity index (χ3n) is 2.81. The number of esters is 1. The molecule has 1 rings (SSSR count). The number of methoxy groups -OCH3 is 1. The second-order valence-electron chi connectivity index (χ2n) is 3.87. The number of rotatable bonds is 2. The summed E-state index contributed by atoms with van der Waals surface area (Å²) in [6.45, 7) is 0.0179. The maximum atomic E-state index is 12.5. The van der Waals surface area contributed by atoms with Crippen molar-refractivity contribution in [3.8, 4) is 0 Å². The van der Waals surface area contributed by atoms with E-state index >= 15 is 0 Å². The Morgan fingerprint density at radius 2 is 2.25 bits per heavy atom. The average Bonchev–Trinajstić information content (AvgIpc) is 2.18. The highest BCUT2D eigenvalue weighted by molar-refractivity contribution is 5.78. The zero-order chi connectivity index (χ0) is 12.4. The first-order valence-electron chi connectivity index (χ1n) is 4.80. The minimum absolute atomic E-state index is 0.0643. The van der Waals surface area contributed by atoms with Crippen molar-refractivity contribution in [3.63, 3.8) is 0 Å². The van der Waals surface area contributed by atoms with Crippen LogP contribution >= 0.6 is 0 Å². The van der Waals surface area contributed by atoms with Crippen LogP contribution in [0.25, 0.3) is 0 Å². The number of nitrogens with two attached hydrogens (primary N) is 1. The van der Waals surface area contributed by atoms with Gasteiger partial charge in [-0.1, -0.05) is 0 Å². The van der Waals surface area contributed by atoms with Crippen LogP contribution in [0.4, 0.5) is 13.2 Å². The smallest absolute Gasteiger partial charge is 0.390 e. The van der Waals surface area contributed by atoms with Crippen LogP contribution in [-0.4, -0.2) is 38.5 Å². The van der Waals surface area contributed by atoms with Crippen LogP contribution in [0.2, 0.25) is 0 Å². The molecule has 1 fully saturated rings. The fraction of sp³-hybridized carbons (Fsp3) is 0.889. The predicted molar refractivity (Wildman–Crippen MR) is 48.5 cm³/mol. The third kappa shape index (κ3) is 2.65. The molecule has 0 radical (unpaired) electrons. The Kier molecular flexibility index (Phi) is 3.80. The van der Waals surface area contributed by atoms with Crippen molar-refractivity contribution in [2.24, 2.45) is 11.1 Å². The largest absolute Gasteiger partial charge is 0.469 e. The number of halogens is 3. The molecule has 2 atom stereocenters. The molecule has 0 saturated carbocycles. The molecule has 0 bridgehead atoms. The van der Waals surface area contributed by atoms with Gasteiger partial charge >= 0.3 is 12.1 Å². The minimum Gasteiger partial charge on any atom is -0.469 e. The van der Waals surface area contributed by atoms with Gasteiger partial charge in [0.05, 0.1) is 25.6 Å². The van der Waals surface area contributed by atoms with E-state index in [4.69, 9.17) is 10.5 Å². The van der Waals surface area contributed by atoms with Gasteiger partial charge < -0.3 is 15.2 Å². The Labute approximate surface area is 90.9 Å². The highest BCUT2D eigenvalue weighted by atomic mass is 19.4. The van der Waals surface area contributed by atoms with Gasteiger partial charge in [0, 0.05) is 12.6 Å². The molecular weight excluding hydrogens is 227 g/mol. The summed E-state index contributed by atoms with van der Waals surface area (Å²) in [5, 5.41) is 0. The summed E-state index contributed by atoms with van der Waals surface area (Å²) in [5.74, 6) is -0.916. The maximum absolute atomic E-state index is 12.5. The van der Waals surface area contributed by atoms with E-state index < -0.39 is 30.0 Å². The molecule has 1 aliphatic rings. The van der Waals surface area contributed by atoms with Crippen molar-refractivity contribution >= 4 is 5.97 Å². The van der Waals surface area contributed by atoms with E-state index in [-0.39, 0.29) is 19.6 Å². The summed E-state index contributed by atoms with van der Waals surface area (Å²) >= 11 is 0. The Balaban J connectivity index is 2.95. The lowest BCUT2D eigenvalue weighted by atomic mass is 9.73. The third-order valence-corrected chi connectivity index (χ3v) is 2.81. The molecule has 4 nitrogen and oxygen atoms in total. The molecule has 2 unspecified atom stereocenters. The standard InChI is InChI=1S/C9H14F3NO3/c1-15-7(14)8(5-9(10,11)12)2-3-16-4-6(8)13/h6H,2-5,13H2,1H3.